The van der Waals surface area contributed by atoms with E-state index in [2.05, 4.69) is 37.0 Å². The summed E-state index contributed by atoms with van der Waals surface area (Å²) in [6.07, 6.45) is 1.78. The summed E-state index contributed by atoms with van der Waals surface area (Å²) in [6, 6.07) is 3.65. The number of morpholine rings is 1. The molecule has 4 nitrogen and oxygen atoms in total. The van der Waals surface area contributed by atoms with Crippen LogP contribution in [0, 0.1) is 0 Å². The van der Waals surface area contributed by atoms with E-state index >= 15 is 0 Å². The van der Waals surface area contributed by atoms with Crippen molar-refractivity contribution in [2.45, 2.75) is 0 Å². The number of hydrogen-bond donors (Lipinski definition) is 1. The number of phenolic OH excluding ortho intramolecular Hbond substituents is 1. The predicted octanol–water partition coefficient (Wildman–Crippen LogP) is 2.58. The second kappa shape index (κ2) is 5.84. The van der Waals surface area contributed by atoms with Crippen LogP contribution in [0.5, 0.6) is 5.75 Å². The molecule has 1 aliphatic heterocycles. The van der Waals surface area contributed by atoms with Crippen LogP contribution in [0.1, 0.15) is 5.56 Å². The lowest BCUT2D eigenvalue weighted by Gasteiger charge is -2.23. The van der Waals surface area contributed by atoms with Crippen molar-refractivity contribution in [2.24, 2.45) is 5.10 Å². The fraction of sp³-hybridized carbons (Fsp3) is 0.364. The molecule has 1 heterocycles. The molecule has 1 aromatic rings. The highest BCUT2D eigenvalue weighted by Gasteiger charge is 2.07. The number of ether oxygens (including phenoxy) is 1. The van der Waals surface area contributed by atoms with Gasteiger partial charge < -0.3 is 9.84 Å². The molecular weight excluding hydrogens is 352 g/mol. The number of rotatable bonds is 2. The summed E-state index contributed by atoms with van der Waals surface area (Å²) < 4.78 is 6.54. The lowest BCUT2D eigenvalue weighted by molar-refractivity contribution is 0.0397. The van der Waals surface area contributed by atoms with E-state index in [4.69, 9.17) is 4.74 Å². The minimum Gasteiger partial charge on any atom is -0.506 e. The molecule has 0 radical (unpaired) electrons. The van der Waals surface area contributed by atoms with E-state index in [1.165, 1.54) is 0 Å². The van der Waals surface area contributed by atoms with Crippen LogP contribution < -0.4 is 0 Å². The van der Waals surface area contributed by atoms with Crippen LogP contribution in [0.4, 0.5) is 0 Å². The standard InChI is InChI=1S/C11H12Br2N2O2/c12-9-5-8(6-10(13)11(9)16)7-14-15-1-3-17-4-2-15/h5-7,16H,1-4H2. The van der Waals surface area contributed by atoms with Gasteiger partial charge in [-0.05, 0) is 49.6 Å². The third kappa shape index (κ3) is 3.43. The van der Waals surface area contributed by atoms with Crippen molar-refractivity contribution in [1.29, 1.82) is 0 Å². The quantitative estimate of drug-likeness (QED) is 0.821. The van der Waals surface area contributed by atoms with E-state index in [0.29, 0.717) is 8.95 Å². The monoisotopic (exact) mass is 362 g/mol. The van der Waals surface area contributed by atoms with E-state index in [0.717, 1.165) is 31.9 Å². The van der Waals surface area contributed by atoms with Gasteiger partial charge in [0.1, 0.15) is 5.75 Å². The number of aromatic hydroxyl groups is 1. The minimum atomic E-state index is 0.202. The number of phenols is 1. The fourth-order valence-corrected chi connectivity index (χ4v) is 2.70. The Morgan fingerprint density at radius 2 is 1.82 bits per heavy atom. The summed E-state index contributed by atoms with van der Waals surface area (Å²) in [6.45, 7) is 3.08. The van der Waals surface area contributed by atoms with E-state index in [-0.39, 0.29) is 5.75 Å². The summed E-state index contributed by atoms with van der Waals surface area (Å²) in [5, 5.41) is 15.9. The molecule has 17 heavy (non-hydrogen) atoms. The van der Waals surface area contributed by atoms with E-state index in [1.54, 1.807) is 6.21 Å². The normalized spacial score (nSPS) is 16.7. The number of nitrogens with zero attached hydrogens (tertiary/aromatic N) is 2. The zero-order valence-corrected chi connectivity index (χ0v) is 12.2. The molecule has 0 bridgehead atoms. The Morgan fingerprint density at radius 3 is 2.41 bits per heavy atom. The smallest absolute Gasteiger partial charge is 0.143 e. The van der Waals surface area contributed by atoms with Crippen LogP contribution >= 0.6 is 31.9 Å². The summed E-state index contributed by atoms with van der Waals surface area (Å²) >= 11 is 6.58. The minimum absolute atomic E-state index is 0.202. The second-order valence-electron chi connectivity index (χ2n) is 3.64. The second-order valence-corrected chi connectivity index (χ2v) is 5.35. The van der Waals surface area contributed by atoms with E-state index in [9.17, 15) is 5.11 Å². The Morgan fingerprint density at radius 1 is 1.24 bits per heavy atom. The summed E-state index contributed by atoms with van der Waals surface area (Å²) in [5.74, 6) is 0.202. The van der Waals surface area contributed by atoms with Crippen LogP contribution in [0.25, 0.3) is 0 Å². The first kappa shape index (κ1) is 12.9. The Hall–Kier alpha value is -0.590. The number of benzene rings is 1. The van der Waals surface area contributed by atoms with Crippen molar-refractivity contribution in [3.05, 3.63) is 26.6 Å². The van der Waals surface area contributed by atoms with E-state index < -0.39 is 0 Å². The van der Waals surface area contributed by atoms with Gasteiger partial charge in [-0.2, -0.15) is 5.10 Å². The van der Waals surface area contributed by atoms with Gasteiger partial charge in [0.2, 0.25) is 0 Å². The van der Waals surface area contributed by atoms with Gasteiger partial charge in [0, 0.05) is 0 Å². The van der Waals surface area contributed by atoms with Crippen molar-refractivity contribution in [3.8, 4) is 5.75 Å². The van der Waals surface area contributed by atoms with Crippen LogP contribution in [-0.4, -0.2) is 42.6 Å². The molecule has 1 aromatic carbocycles. The van der Waals surface area contributed by atoms with E-state index in [1.807, 2.05) is 17.1 Å². The van der Waals surface area contributed by atoms with Gasteiger partial charge in [0.15, 0.2) is 0 Å². The van der Waals surface area contributed by atoms with Crippen LogP contribution in [0.2, 0.25) is 0 Å². The molecule has 0 unspecified atom stereocenters. The maximum atomic E-state index is 9.58. The highest BCUT2D eigenvalue weighted by atomic mass is 79.9. The SMILES string of the molecule is Oc1c(Br)cc(C=NN2CCOCC2)cc1Br. The van der Waals surface area contributed by atoms with Crippen molar-refractivity contribution >= 4 is 38.1 Å². The van der Waals surface area contributed by atoms with Crippen molar-refractivity contribution in [3.63, 3.8) is 0 Å². The number of hydrazone groups is 1. The molecule has 6 heteroatoms. The molecule has 0 aromatic heterocycles. The van der Waals surface area contributed by atoms with Crippen molar-refractivity contribution < 1.29 is 9.84 Å². The van der Waals surface area contributed by atoms with Crippen molar-refractivity contribution in [1.82, 2.24) is 5.01 Å². The molecule has 2 rings (SSSR count). The zero-order valence-electron chi connectivity index (χ0n) is 9.07. The first-order valence-electron chi connectivity index (χ1n) is 5.21. The molecule has 1 aliphatic rings. The van der Waals surface area contributed by atoms with Gasteiger partial charge in [-0.3, -0.25) is 5.01 Å². The lowest BCUT2D eigenvalue weighted by atomic mass is 10.2. The van der Waals surface area contributed by atoms with Crippen LogP contribution in [-0.2, 0) is 4.74 Å². The fourth-order valence-electron chi connectivity index (χ4n) is 1.48. The molecule has 0 spiro atoms. The third-order valence-electron chi connectivity index (χ3n) is 2.40. The largest absolute Gasteiger partial charge is 0.506 e. The molecule has 1 N–H and O–H groups in total. The molecule has 1 saturated heterocycles. The first-order valence-corrected chi connectivity index (χ1v) is 6.80. The number of hydrogen-bond acceptors (Lipinski definition) is 4. The summed E-state index contributed by atoms with van der Waals surface area (Å²) in [4.78, 5) is 0. The molecule has 1 fully saturated rings. The molecule has 0 saturated carbocycles. The molecule has 0 aliphatic carbocycles. The average molecular weight is 364 g/mol. The number of halogens is 2. The highest BCUT2D eigenvalue weighted by molar-refractivity contribution is 9.11. The van der Waals surface area contributed by atoms with Gasteiger partial charge in [0.05, 0.1) is 41.5 Å². The molecular formula is C11H12Br2N2O2. The molecule has 0 atom stereocenters. The van der Waals surface area contributed by atoms with Gasteiger partial charge in [-0.15, -0.1) is 0 Å². The topological polar surface area (TPSA) is 45.1 Å². The molecule has 0 amide bonds. The molecule has 92 valence electrons. The Balaban J connectivity index is 2.10. The van der Waals surface area contributed by atoms with Gasteiger partial charge in [0.25, 0.3) is 0 Å². The van der Waals surface area contributed by atoms with Gasteiger partial charge in [-0.25, -0.2) is 0 Å². The Kier molecular flexibility index (Phi) is 4.42. The highest BCUT2D eigenvalue weighted by Crippen LogP contribution is 2.32. The van der Waals surface area contributed by atoms with Crippen LogP contribution in [0.3, 0.4) is 0 Å². The van der Waals surface area contributed by atoms with Crippen LogP contribution in [0.15, 0.2) is 26.2 Å². The summed E-state index contributed by atoms with van der Waals surface area (Å²) in [5.41, 5.74) is 0.924. The Bertz CT molecular complexity index is 408. The third-order valence-corrected chi connectivity index (χ3v) is 3.61. The zero-order chi connectivity index (χ0) is 12.3. The van der Waals surface area contributed by atoms with Gasteiger partial charge >= 0.3 is 0 Å². The first-order chi connectivity index (χ1) is 8.16. The van der Waals surface area contributed by atoms with Gasteiger partial charge in [-0.1, -0.05) is 0 Å². The van der Waals surface area contributed by atoms with Crippen molar-refractivity contribution in [2.75, 3.05) is 26.3 Å². The average Bonchev–Trinajstić information content (AvgIpc) is 2.34. The maximum absolute atomic E-state index is 9.58. The predicted molar refractivity (Wildman–Crippen MR) is 73.5 cm³/mol. The Labute approximate surface area is 117 Å². The summed E-state index contributed by atoms with van der Waals surface area (Å²) in [7, 11) is 0. The lowest BCUT2D eigenvalue weighted by Crippen LogP contribution is -2.32. The maximum Gasteiger partial charge on any atom is 0.143 e.